The van der Waals surface area contributed by atoms with Crippen LogP contribution in [0.1, 0.15) is 176 Å². The fraction of sp³-hybridized carbons (Fsp3) is 1.00. The van der Waals surface area contributed by atoms with Gasteiger partial charge >= 0.3 is 7.60 Å². The normalized spacial score (nSPS) is 42.3. The van der Waals surface area contributed by atoms with Gasteiger partial charge in [-0.2, -0.15) is 0 Å². The molecule has 8 nitrogen and oxygen atoms in total. The first kappa shape index (κ1) is 42.1. The maximum Gasteiger partial charge on any atom is 0.332 e. The van der Waals surface area contributed by atoms with E-state index in [4.69, 9.17) is 14.2 Å². The van der Waals surface area contributed by atoms with E-state index in [0.29, 0.717) is 43.1 Å². The lowest BCUT2D eigenvalue weighted by atomic mass is 9.43. The Balaban J connectivity index is 1.46. The van der Waals surface area contributed by atoms with Crippen molar-refractivity contribution in [3.63, 3.8) is 0 Å². The molecular weight excluding hydrogens is 663 g/mol. The van der Waals surface area contributed by atoms with Crippen LogP contribution in [0.5, 0.6) is 0 Å². The molecule has 1 heterocycles. The van der Waals surface area contributed by atoms with Crippen molar-refractivity contribution >= 4 is 7.60 Å². The highest BCUT2D eigenvalue weighted by molar-refractivity contribution is 7.53. The number of aliphatic hydroxyl groups excluding tert-OH is 2. The quantitative estimate of drug-likeness (QED) is 0.0763. The predicted molar refractivity (Wildman–Crippen MR) is 203 cm³/mol. The number of hydrogen-bond acceptors (Lipinski definition) is 6. The van der Waals surface area contributed by atoms with Gasteiger partial charge in [-0.15, -0.1) is 0 Å². The van der Waals surface area contributed by atoms with E-state index in [1.165, 1.54) is 57.8 Å². The van der Waals surface area contributed by atoms with Gasteiger partial charge in [0.25, 0.3) is 0 Å². The van der Waals surface area contributed by atoms with Crippen LogP contribution in [0.25, 0.3) is 0 Å². The van der Waals surface area contributed by atoms with Gasteiger partial charge in [0.05, 0.1) is 29.6 Å². The first-order valence-corrected chi connectivity index (χ1v) is 23.2. The molecular formula is C42H77O8P. The molecule has 7 unspecified atom stereocenters. The maximum atomic E-state index is 14.3. The van der Waals surface area contributed by atoms with Crippen molar-refractivity contribution in [3.05, 3.63) is 0 Å². The number of unbranched alkanes of at least 4 members (excludes halogenated alkanes) is 6. The van der Waals surface area contributed by atoms with E-state index in [2.05, 4.69) is 41.5 Å². The topological polar surface area (TPSA) is 126 Å². The molecule has 9 heteroatoms. The molecule has 4 aliphatic carbocycles. The van der Waals surface area contributed by atoms with Crippen LogP contribution in [-0.2, 0) is 18.8 Å². The zero-order valence-corrected chi connectivity index (χ0v) is 34.2. The van der Waals surface area contributed by atoms with E-state index in [1.807, 2.05) is 0 Å². The summed E-state index contributed by atoms with van der Waals surface area (Å²) in [6.07, 6.45) is 17.6. The van der Waals surface area contributed by atoms with Crippen molar-refractivity contribution < 1.29 is 38.8 Å². The van der Waals surface area contributed by atoms with Gasteiger partial charge in [-0.1, -0.05) is 99.3 Å². The Morgan fingerprint density at radius 1 is 0.843 bits per heavy atom. The Bertz CT molecular complexity index is 1150. The predicted octanol–water partition coefficient (Wildman–Crippen LogP) is 9.54. The number of fused-ring (bicyclic) bond motifs is 5. The zero-order valence-electron chi connectivity index (χ0n) is 33.3. The second kappa shape index (κ2) is 17.4. The van der Waals surface area contributed by atoms with Gasteiger partial charge in [0, 0.05) is 13.0 Å². The molecule has 0 spiro atoms. The van der Waals surface area contributed by atoms with Crippen molar-refractivity contribution in [2.45, 2.75) is 212 Å². The second-order valence-corrected chi connectivity index (χ2v) is 20.6. The third kappa shape index (κ3) is 8.12. The summed E-state index contributed by atoms with van der Waals surface area (Å²) in [6, 6.07) is 0. The van der Waals surface area contributed by atoms with Gasteiger partial charge in [0.1, 0.15) is 6.10 Å². The van der Waals surface area contributed by atoms with E-state index < -0.39 is 42.3 Å². The number of ether oxygens (including phenoxy) is 3. The molecule has 5 rings (SSSR count). The van der Waals surface area contributed by atoms with Crippen LogP contribution in [0.4, 0.5) is 0 Å². The largest absolute Gasteiger partial charge is 0.394 e. The monoisotopic (exact) mass is 741 g/mol. The van der Waals surface area contributed by atoms with Crippen molar-refractivity contribution in [1.29, 1.82) is 0 Å². The molecule has 0 aromatic rings. The Morgan fingerprint density at radius 2 is 1.57 bits per heavy atom. The minimum Gasteiger partial charge on any atom is -0.394 e. The van der Waals surface area contributed by atoms with Gasteiger partial charge in [-0.05, 0) is 111 Å². The Morgan fingerprint density at radius 3 is 2.22 bits per heavy atom. The molecule has 0 bridgehead atoms. The van der Waals surface area contributed by atoms with Crippen LogP contribution < -0.4 is 0 Å². The first-order chi connectivity index (χ1) is 24.3. The van der Waals surface area contributed by atoms with Gasteiger partial charge in [-0.3, -0.25) is 4.57 Å². The molecule has 51 heavy (non-hydrogen) atoms. The molecule has 0 radical (unpaired) electrons. The Labute approximate surface area is 311 Å². The smallest absolute Gasteiger partial charge is 0.332 e. The van der Waals surface area contributed by atoms with Crippen LogP contribution in [-0.4, -0.2) is 68.6 Å². The van der Waals surface area contributed by atoms with Crippen LogP contribution in [0, 0.1) is 40.4 Å². The minimum absolute atomic E-state index is 0.230. The molecule has 1 aliphatic heterocycles. The fourth-order valence-corrected chi connectivity index (χ4v) is 15.0. The van der Waals surface area contributed by atoms with Crippen LogP contribution in [0.15, 0.2) is 0 Å². The standard InChI is InChI=1S/C42H77O8P/c1-7-10-11-12-13-14-15-17-37(48-26-9-3)41(50-38-27-35(44)36(28-43)49-38)25-24-40(6)34-21-22-39(5)32(30(4)16-8-2)18-19-33(39)31(34)20-23-42(40,29-41)51(45,46)47/h30-38,43-44H,7-29H2,1-6H3,(H2,45,46,47)/t30-,31?,32-,33?,34?,35-,36+,37?,38?,39-,40-,41?,42?/m1/s1. The number of rotatable bonds is 19. The van der Waals surface area contributed by atoms with Crippen molar-refractivity contribution in [1.82, 2.24) is 0 Å². The van der Waals surface area contributed by atoms with E-state index in [9.17, 15) is 24.6 Å². The van der Waals surface area contributed by atoms with Gasteiger partial charge in [0.15, 0.2) is 6.29 Å². The van der Waals surface area contributed by atoms with Crippen molar-refractivity contribution in [3.8, 4) is 0 Å². The highest BCUT2D eigenvalue weighted by Gasteiger charge is 2.73. The molecule has 0 aromatic carbocycles. The minimum atomic E-state index is -4.64. The van der Waals surface area contributed by atoms with E-state index in [1.54, 1.807) is 0 Å². The van der Waals surface area contributed by atoms with Crippen LogP contribution >= 0.6 is 7.60 Å². The zero-order chi connectivity index (χ0) is 37.1. The highest BCUT2D eigenvalue weighted by atomic mass is 31.2. The number of aliphatic hydroxyl groups is 2. The second-order valence-electron chi connectivity index (χ2n) is 18.6. The summed E-state index contributed by atoms with van der Waals surface area (Å²) in [5.41, 5.74) is -1.17. The molecule has 13 atom stereocenters. The molecule has 4 N–H and O–H groups in total. The average molecular weight is 741 g/mol. The third-order valence-corrected chi connectivity index (χ3v) is 17.9. The van der Waals surface area contributed by atoms with Gasteiger partial charge < -0.3 is 34.2 Å². The summed E-state index contributed by atoms with van der Waals surface area (Å²) in [6.45, 7) is 14.2. The molecule has 298 valence electrons. The van der Waals surface area contributed by atoms with Crippen molar-refractivity contribution in [2.24, 2.45) is 40.4 Å². The van der Waals surface area contributed by atoms with E-state index >= 15 is 0 Å². The number of hydrogen-bond donors (Lipinski definition) is 4. The first-order valence-electron chi connectivity index (χ1n) is 21.5. The summed E-state index contributed by atoms with van der Waals surface area (Å²) in [5.74, 6) is 2.86. The molecule has 1 saturated heterocycles. The highest BCUT2D eigenvalue weighted by Crippen LogP contribution is 2.77. The molecule has 0 amide bonds. The molecule has 0 aromatic heterocycles. The SMILES string of the molecule is CCCCCCCCCC(OCCC)C1(OC2C[C@@H](O)[C@H](CO)O2)CC[C@]2(C)C3CC[C@@]4(C)C(CC[C@@H]4[C@H](C)CCC)C3CCC2(P(=O)(O)O)C1. The average Bonchev–Trinajstić information content (AvgIpc) is 3.63. The lowest BCUT2D eigenvalue weighted by molar-refractivity contribution is -0.271. The summed E-state index contributed by atoms with van der Waals surface area (Å²) in [4.78, 5) is 23.4. The summed E-state index contributed by atoms with van der Waals surface area (Å²) < 4.78 is 34.2. The maximum absolute atomic E-state index is 14.3. The third-order valence-electron chi connectivity index (χ3n) is 15.8. The lowest BCUT2D eigenvalue weighted by Gasteiger charge is -2.67. The fourth-order valence-electron chi connectivity index (χ4n) is 13.2. The Kier molecular flexibility index (Phi) is 14.4. The Hall–Kier alpha value is -0.0500. The van der Waals surface area contributed by atoms with Crippen molar-refractivity contribution in [2.75, 3.05) is 13.2 Å². The van der Waals surface area contributed by atoms with E-state index in [-0.39, 0.29) is 31.5 Å². The summed E-state index contributed by atoms with van der Waals surface area (Å²) in [5, 5.41) is 19.4. The van der Waals surface area contributed by atoms with Crippen LogP contribution in [0.3, 0.4) is 0 Å². The lowest BCUT2D eigenvalue weighted by Crippen LogP contribution is -2.67. The van der Waals surface area contributed by atoms with Crippen LogP contribution in [0.2, 0.25) is 0 Å². The molecule has 5 aliphatic rings. The van der Waals surface area contributed by atoms with Gasteiger partial charge in [-0.25, -0.2) is 0 Å². The van der Waals surface area contributed by atoms with Gasteiger partial charge in [0.2, 0.25) is 0 Å². The summed E-state index contributed by atoms with van der Waals surface area (Å²) >= 11 is 0. The van der Waals surface area contributed by atoms with E-state index in [0.717, 1.165) is 56.8 Å². The molecule has 5 fully saturated rings. The molecule has 4 saturated carbocycles. The summed E-state index contributed by atoms with van der Waals surface area (Å²) in [7, 11) is -4.64.